The minimum Gasteiger partial charge on any atom is -0.390 e. The third-order valence-corrected chi connectivity index (χ3v) is 19.7. The predicted octanol–water partition coefficient (Wildman–Crippen LogP) is -14.7. The van der Waals surface area contributed by atoms with Crippen LogP contribution in [0.2, 0.25) is 0 Å². The molecule has 8 fully saturated rings. The van der Waals surface area contributed by atoms with Crippen molar-refractivity contribution in [3.05, 3.63) is 23.8 Å². The Kier molecular flexibility index (Phi) is 25.5. The molecule has 2 aromatic rings. The second kappa shape index (κ2) is 32.5. The molecule has 2 aliphatic carbocycles. The van der Waals surface area contributed by atoms with Gasteiger partial charge in [0.1, 0.15) is 128 Å². The van der Waals surface area contributed by atoms with E-state index in [1.165, 1.54) is 9.36 Å². The molecular weight excluding hydrogens is 1280 g/mol. The lowest BCUT2D eigenvalue weighted by molar-refractivity contribution is -0.311. The second-order valence-corrected chi connectivity index (χ2v) is 26.6. The summed E-state index contributed by atoms with van der Waals surface area (Å²) < 4.78 is 76.8. The third kappa shape index (κ3) is 16.2. The minimum absolute atomic E-state index is 0.0306. The van der Waals surface area contributed by atoms with Gasteiger partial charge in [-0.1, -0.05) is 23.8 Å². The molecule has 0 radical (unpaired) electrons. The van der Waals surface area contributed by atoms with E-state index in [0.717, 1.165) is 0 Å². The molecule has 550 valence electrons. The average molecular weight is 1380 g/mol. The van der Waals surface area contributed by atoms with Gasteiger partial charge in [0, 0.05) is 68.2 Å². The highest BCUT2D eigenvalue weighted by Gasteiger charge is 2.57. The van der Waals surface area contributed by atoms with Crippen LogP contribution in [0.3, 0.4) is 0 Å². The summed E-state index contributed by atoms with van der Waals surface area (Å²) in [6, 6.07) is -8.30. The van der Waals surface area contributed by atoms with E-state index in [0.29, 0.717) is 43.5 Å². The van der Waals surface area contributed by atoms with E-state index in [2.05, 4.69) is 20.6 Å². The van der Waals surface area contributed by atoms with Gasteiger partial charge >= 0.3 is 0 Å². The highest BCUT2D eigenvalue weighted by atomic mass is 16.8. The summed E-state index contributed by atoms with van der Waals surface area (Å²) in [6.45, 7) is 0.842. The van der Waals surface area contributed by atoms with E-state index < -0.39 is 233 Å². The Morgan fingerprint density at radius 2 is 0.750 bits per heavy atom. The largest absolute Gasteiger partial charge is 0.390 e. The molecule has 41 nitrogen and oxygen atoms in total. The first kappa shape index (κ1) is 75.5. The van der Waals surface area contributed by atoms with Crippen molar-refractivity contribution in [1.29, 1.82) is 0 Å². The monoisotopic (exact) mass is 1380 g/mol. The van der Waals surface area contributed by atoms with E-state index in [1.807, 2.05) is 0 Å². The number of hydrogen-bond acceptors (Lipinski definition) is 39. The van der Waals surface area contributed by atoms with Crippen LogP contribution in [0.4, 0.5) is 0 Å². The first-order valence-electron chi connectivity index (χ1n) is 32.7. The molecular formula is C55H102N18O23. The van der Waals surface area contributed by atoms with Crippen LogP contribution in [0.25, 0.3) is 0 Å². The summed E-state index contributed by atoms with van der Waals surface area (Å²) >= 11 is 0. The van der Waals surface area contributed by atoms with Crippen molar-refractivity contribution in [2.75, 3.05) is 19.6 Å². The molecule has 0 bridgehead atoms. The maximum Gasteiger partial charge on any atom is 0.187 e. The van der Waals surface area contributed by atoms with Gasteiger partial charge in [0.05, 0.1) is 54.8 Å². The van der Waals surface area contributed by atoms with E-state index in [-0.39, 0.29) is 45.6 Å². The number of aromatic nitrogens is 6. The fraction of sp³-hybridized carbons (Fsp3) is 0.927. The maximum atomic E-state index is 12.0. The van der Waals surface area contributed by atoms with Crippen molar-refractivity contribution in [3.8, 4) is 0 Å². The zero-order chi connectivity index (χ0) is 69.5. The van der Waals surface area contributed by atoms with Gasteiger partial charge in [0.2, 0.25) is 0 Å². The first-order chi connectivity index (χ1) is 45.6. The zero-order valence-corrected chi connectivity index (χ0v) is 53.0. The summed E-state index contributed by atoms with van der Waals surface area (Å²) in [4.78, 5) is 0. The Morgan fingerprint density at radius 3 is 1.23 bits per heavy atom. The lowest BCUT2D eigenvalue weighted by Crippen LogP contribution is -2.68. The van der Waals surface area contributed by atoms with Crippen LogP contribution in [-0.4, -0.2) is 332 Å². The minimum atomic E-state index is -1.69. The Morgan fingerprint density at radius 1 is 0.375 bits per heavy atom. The summed E-state index contributed by atoms with van der Waals surface area (Å²) in [5.41, 5.74) is 76.1. The molecule has 2 saturated carbocycles. The van der Waals surface area contributed by atoms with Crippen LogP contribution in [0, 0.1) is 5.92 Å². The van der Waals surface area contributed by atoms with Crippen LogP contribution in [0.15, 0.2) is 12.4 Å². The highest BCUT2D eigenvalue weighted by Crippen LogP contribution is 2.38. The van der Waals surface area contributed by atoms with Gasteiger partial charge in [0.15, 0.2) is 37.7 Å². The number of aliphatic hydroxyl groups is 11. The molecule has 96 heavy (non-hydrogen) atoms. The van der Waals surface area contributed by atoms with Crippen molar-refractivity contribution >= 4 is 0 Å². The van der Waals surface area contributed by atoms with E-state index in [9.17, 15) is 56.2 Å². The van der Waals surface area contributed by atoms with E-state index in [4.69, 9.17) is 126 Å². The van der Waals surface area contributed by atoms with Gasteiger partial charge in [-0.3, -0.25) is 0 Å². The number of aryl methyl sites for hydroxylation is 2. The Labute approximate surface area is 551 Å². The number of nitrogens with zero attached hydrogens (tertiary/aromatic N) is 6. The van der Waals surface area contributed by atoms with Crippen LogP contribution in [-0.2, 0) is 82.8 Å². The van der Waals surface area contributed by atoms with Gasteiger partial charge in [-0.2, -0.15) is 0 Å². The number of rotatable bonds is 25. The Balaban J connectivity index is 0.770. The SMILES string of the molecule is CC1[C@@H](OC2C(N)C[C@@H](N)C(N)[C@H]2O[C@@H]2O[C@H](Cn3cc(CCCCCc4cn(C[C@H]5O[C@@H](O[C@H]6C(O[C@H]7OC(CN)C(O)[C@H](O)C7N)C(N)C[C@@H](N)C6O)C(O)[C@H]5O[C@H]5O[C@@H](CN)C(O)C(O)C5N)nn4)nn3)[C@H](O[C@H]3O[C@@H](N)C(O)C(O)C3N)C2O)OC(CN)C(O)[C@@H]1O. The van der Waals surface area contributed by atoms with Crippen molar-refractivity contribution < 1.29 is 113 Å². The summed E-state index contributed by atoms with van der Waals surface area (Å²) in [7, 11) is 0. The smallest absolute Gasteiger partial charge is 0.187 e. The van der Waals surface area contributed by atoms with Gasteiger partial charge in [-0.25, -0.2) is 9.36 Å². The number of aliphatic hydroxyl groups excluding tert-OH is 11. The van der Waals surface area contributed by atoms with Crippen molar-refractivity contribution in [2.24, 2.45) is 74.7 Å². The van der Waals surface area contributed by atoms with Gasteiger partial charge in [-0.05, 0) is 38.5 Å². The molecule has 6 saturated heterocycles. The average Bonchev–Trinajstić information content (AvgIpc) is 1.33. The molecule has 6 aliphatic heterocycles. The molecule has 8 aliphatic rings. The molecule has 0 spiro atoms. The van der Waals surface area contributed by atoms with Crippen molar-refractivity contribution in [3.63, 3.8) is 0 Å². The summed E-state index contributed by atoms with van der Waals surface area (Å²) in [5.74, 6) is -0.761. The normalized spacial score (nSPS) is 48.8. The number of unbranched alkanes of at least 4 members (excludes halogenated alkanes) is 2. The molecule has 41 heteroatoms. The van der Waals surface area contributed by atoms with E-state index >= 15 is 0 Å². The van der Waals surface area contributed by atoms with Crippen molar-refractivity contribution in [2.45, 2.75) is 292 Å². The third-order valence-electron chi connectivity index (χ3n) is 19.7. The van der Waals surface area contributed by atoms with Crippen LogP contribution >= 0.6 is 0 Å². The Hall–Kier alpha value is -3.12. The fourth-order valence-electron chi connectivity index (χ4n) is 13.7. The van der Waals surface area contributed by atoms with Crippen LogP contribution < -0.4 is 68.8 Å². The Bertz CT molecular complexity index is 2730. The van der Waals surface area contributed by atoms with Crippen LogP contribution in [0.1, 0.15) is 50.4 Å². The number of ether oxygens (including phenoxy) is 12. The summed E-state index contributed by atoms with van der Waals surface area (Å²) in [6.07, 6.45) is -32.8. The van der Waals surface area contributed by atoms with Crippen molar-refractivity contribution in [1.82, 2.24) is 30.0 Å². The first-order valence-corrected chi connectivity index (χ1v) is 32.7. The lowest BCUT2D eigenvalue weighted by atomic mass is 9.83. The number of nitrogens with two attached hydrogens (primary N) is 12. The van der Waals surface area contributed by atoms with Gasteiger partial charge < -0.3 is 182 Å². The maximum absolute atomic E-state index is 12.0. The molecule has 20 unspecified atom stereocenters. The topological polar surface area (TPSA) is 707 Å². The second-order valence-electron chi connectivity index (χ2n) is 26.6. The molecule has 38 atom stereocenters. The van der Waals surface area contributed by atoms with Crippen LogP contribution in [0.5, 0.6) is 0 Å². The molecule has 2 aromatic heterocycles. The standard InChI is InChI=1S/C55H102N18O23/c1-16-32(74)34(76)23(9-56)85-50(16)90-43-21(61)7-19(59)28(63)47(43)94-54-41(83)46(93-53-31(66)39(81)40(82)49(67)96-53)27(88-54)15-73-13-18(69-71-73)6-4-2-3-5-17-12-72(70-68-17)14-26-45(92-52-30(65)38(80)36(78)25(11-58)87-52)42(84)55(89-26)95-48-33(75)20(60)8-22(62)44(48)91-51-29(64)37(79)35(77)24(10-57)86-51/h12-13,16,19-55,74-84H,2-11,14-15,56-67H2,1H3/t16?,19-,20-,21?,22?,23?,24?,25+,26-,27-,28?,29?,30?,31?,32-,33?,34?,35?,36?,37-,38?,39?,40?,41?,42?,43?,44?,45+,46+,47-,48-,49-,50-,51-,52-,53+,54+,55+/m1/s1. The summed E-state index contributed by atoms with van der Waals surface area (Å²) in [5, 5.41) is 138. The number of hydrogen-bond donors (Lipinski definition) is 23. The fourth-order valence-corrected chi connectivity index (χ4v) is 13.7. The molecule has 35 N–H and O–H groups in total. The predicted molar refractivity (Wildman–Crippen MR) is 322 cm³/mol. The molecule has 10 rings (SSSR count). The van der Waals surface area contributed by atoms with Gasteiger partial charge in [-0.15, -0.1) is 10.2 Å². The highest BCUT2D eigenvalue weighted by molar-refractivity contribution is 5.06. The zero-order valence-electron chi connectivity index (χ0n) is 53.0. The van der Waals surface area contributed by atoms with E-state index in [1.54, 1.807) is 19.3 Å². The molecule has 0 aromatic carbocycles. The lowest BCUT2D eigenvalue weighted by Gasteiger charge is -2.47. The van der Waals surface area contributed by atoms with Gasteiger partial charge in [0.25, 0.3) is 0 Å². The molecule has 8 heterocycles. The quantitative estimate of drug-likeness (QED) is 0.0411. The molecule has 0 amide bonds.